The molecule has 2 rings (SSSR count). The molecule has 4 nitrogen and oxygen atoms in total. The Bertz CT molecular complexity index is 483. The predicted molar refractivity (Wildman–Crippen MR) is 75.4 cm³/mol. The van der Waals surface area contributed by atoms with Crippen molar-refractivity contribution in [2.75, 3.05) is 38.1 Å². The maximum atomic E-state index is 12.5. The second kappa shape index (κ2) is 6.11. The van der Waals surface area contributed by atoms with Gasteiger partial charge in [0.25, 0.3) is 0 Å². The van der Waals surface area contributed by atoms with E-state index in [1.165, 1.54) is 6.07 Å². The van der Waals surface area contributed by atoms with Gasteiger partial charge in [0, 0.05) is 49.5 Å². The zero-order chi connectivity index (χ0) is 15.6. The molecule has 1 aromatic rings. The first-order valence-electron chi connectivity index (χ1n) is 6.85. The third-order valence-electron chi connectivity index (χ3n) is 3.58. The summed E-state index contributed by atoms with van der Waals surface area (Å²) in [5.41, 5.74) is 6.79. The van der Waals surface area contributed by atoms with E-state index < -0.39 is 12.4 Å². The van der Waals surface area contributed by atoms with E-state index in [-0.39, 0.29) is 5.75 Å². The van der Waals surface area contributed by atoms with Gasteiger partial charge in [-0.1, -0.05) is 6.07 Å². The quantitative estimate of drug-likeness (QED) is 0.931. The summed E-state index contributed by atoms with van der Waals surface area (Å²) < 4.78 is 41.7. The average Bonchev–Trinajstić information content (AvgIpc) is 2.37. The van der Waals surface area contributed by atoms with Gasteiger partial charge in [0.05, 0.1) is 0 Å². The van der Waals surface area contributed by atoms with Crippen molar-refractivity contribution in [1.29, 1.82) is 0 Å². The molecule has 0 unspecified atom stereocenters. The number of piperazine rings is 1. The van der Waals surface area contributed by atoms with Crippen LogP contribution in [0.25, 0.3) is 0 Å². The van der Waals surface area contributed by atoms with Crippen LogP contribution in [0.3, 0.4) is 0 Å². The van der Waals surface area contributed by atoms with E-state index in [4.69, 9.17) is 5.73 Å². The van der Waals surface area contributed by atoms with Crippen LogP contribution in [0.15, 0.2) is 18.2 Å². The zero-order valence-electron chi connectivity index (χ0n) is 12.2. The summed E-state index contributed by atoms with van der Waals surface area (Å²) in [6.45, 7) is 4.95. The molecule has 1 aromatic carbocycles. The summed E-state index contributed by atoms with van der Waals surface area (Å²) in [5, 5.41) is 0. The number of rotatable bonds is 3. The van der Waals surface area contributed by atoms with Gasteiger partial charge in [0.2, 0.25) is 0 Å². The van der Waals surface area contributed by atoms with Crippen molar-refractivity contribution in [2.24, 2.45) is 5.73 Å². The molecular formula is C14H20F3N3O. The van der Waals surface area contributed by atoms with Gasteiger partial charge in [-0.2, -0.15) is 0 Å². The van der Waals surface area contributed by atoms with Gasteiger partial charge >= 0.3 is 6.36 Å². The molecule has 1 atom stereocenters. The van der Waals surface area contributed by atoms with Crippen LogP contribution in [-0.2, 0) is 0 Å². The minimum Gasteiger partial charge on any atom is -0.405 e. The lowest BCUT2D eigenvalue weighted by Crippen LogP contribution is -2.44. The van der Waals surface area contributed by atoms with Crippen LogP contribution < -0.4 is 15.4 Å². The molecule has 0 radical (unpaired) electrons. The van der Waals surface area contributed by atoms with Crippen LogP contribution in [0.2, 0.25) is 0 Å². The highest BCUT2D eigenvalue weighted by molar-refractivity contribution is 5.55. The van der Waals surface area contributed by atoms with Crippen LogP contribution in [0.4, 0.5) is 18.9 Å². The number of nitrogens with zero attached hydrogens (tertiary/aromatic N) is 2. The number of hydrogen-bond donors (Lipinski definition) is 1. The predicted octanol–water partition coefficient (Wildman–Crippen LogP) is 2.36. The Hall–Kier alpha value is -1.47. The summed E-state index contributed by atoms with van der Waals surface area (Å²) in [6, 6.07) is 4.31. The Balaban J connectivity index is 2.26. The third-order valence-corrected chi connectivity index (χ3v) is 3.58. The van der Waals surface area contributed by atoms with Crippen LogP contribution >= 0.6 is 0 Å². The van der Waals surface area contributed by atoms with E-state index in [0.29, 0.717) is 5.56 Å². The first-order valence-corrected chi connectivity index (χ1v) is 6.85. The Kier molecular flexibility index (Phi) is 4.63. The molecule has 0 bridgehead atoms. The molecule has 0 amide bonds. The summed E-state index contributed by atoms with van der Waals surface area (Å²) in [7, 11) is 2.02. The number of anilines is 1. The number of hydrogen-bond acceptors (Lipinski definition) is 4. The van der Waals surface area contributed by atoms with Crippen LogP contribution in [-0.4, -0.2) is 44.5 Å². The summed E-state index contributed by atoms with van der Waals surface area (Å²) in [5.74, 6) is -0.214. The SMILES string of the molecule is C[C@H](N)c1ccc(N2CCN(C)CC2)cc1OC(F)(F)F. The van der Waals surface area contributed by atoms with Crippen molar-refractivity contribution in [3.05, 3.63) is 23.8 Å². The summed E-state index contributed by atoms with van der Waals surface area (Å²) in [4.78, 5) is 4.23. The largest absolute Gasteiger partial charge is 0.573 e. The highest BCUT2D eigenvalue weighted by Crippen LogP contribution is 2.33. The number of likely N-dealkylation sites (N-methyl/N-ethyl adjacent to an activating group) is 1. The molecule has 2 N–H and O–H groups in total. The summed E-state index contributed by atoms with van der Waals surface area (Å²) in [6.07, 6.45) is -4.72. The van der Waals surface area contributed by atoms with Gasteiger partial charge in [-0.3, -0.25) is 0 Å². The van der Waals surface area contributed by atoms with Gasteiger partial charge in [-0.25, -0.2) is 0 Å². The van der Waals surface area contributed by atoms with Crippen LogP contribution in [0.1, 0.15) is 18.5 Å². The fraction of sp³-hybridized carbons (Fsp3) is 0.571. The van der Waals surface area contributed by atoms with E-state index in [1.807, 2.05) is 11.9 Å². The van der Waals surface area contributed by atoms with Gasteiger partial charge in [-0.05, 0) is 20.0 Å². The number of ether oxygens (including phenoxy) is 1. The number of nitrogens with two attached hydrogens (primary N) is 1. The fourth-order valence-corrected chi connectivity index (χ4v) is 2.37. The smallest absolute Gasteiger partial charge is 0.405 e. The average molecular weight is 303 g/mol. The normalized spacial score (nSPS) is 18.7. The first-order chi connectivity index (χ1) is 9.76. The molecule has 118 valence electrons. The lowest BCUT2D eigenvalue weighted by molar-refractivity contribution is -0.274. The maximum Gasteiger partial charge on any atom is 0.573 e. The minimum atomic E-state index is -4.72. The van der Waals surface area contributed by atoms with E-state index in [0.717, 1.165) is 31.9 Å². The minimum absolute atomic E-state index is 0.214. The Morgan fingerprint density at radius 2 is 1.81 bits per heavy atom. The van der Waals surface area contributed by atoms with E-state index >= 15 is 0 Å². The molecule has 21 heavy (non-hydrogen) atoms. The lowest BCUT2D eigenvalue weighted by atomic mass is 10.1. The van der Waals surface area contributed by atoms with E-state index in [2.05, 4.69) is 9.64 Å². The van der Waals surface area contributed by atoms with E-state index in [1.54, 1.807) is 19.1 Å². The second-order valence-electron chi connectivity index (χ2n) is 5.35. The van der Waals surface area contributed by atoms with Crippen molar-refractivity contribution in [3.63, 3.8) is 0 Å². The molecule has 0 spiro atoms. The van der Waals surface area contributed by atoms with Crippen molar-refractivity contribution in [3.8, 4) is 5.75 Å². The molecule has 0 aromatic heterocycles. The first kappa shape index (κ1) is 15.9. The molecule has 1 fully saturated rings. The van der Waals surface area contributed by atoms with Crippen LogP contribution in [0.5, 0.6) is 5.75 Å². The van der Waals surface area contributed by atoms with Crippen molar-refractivity contribution < 1.29 is 17.9 Å². The molecule has 7 heteroatoms. The van der Waals surface area contributed by atoms with Crippen molar-refractivity contribution >= 4 is 5.69 Å². The Morgan fingerprint density at radius 1 is 1.19 bits per heavy atom. The third kappa shape index (κ3) is 4.25. The molecule has 1 aliphatic heterocycles. The highest BCUT2D eigenvalue weighted by Gasteiger charge is 2.32. The topological polar surface area (TPSA) is 41.7 Å². The summed E-state index contributed by atoms with van der Waals surface area (Å²) >= 11 is 0. The Labute approximate surface area is 122 Å². The van der Waals surface area contributed by atoms with Crippen molar-refractivity contribution in [1.82, 2.24) is 4.90 Å². The number of benzene rings is 1. The van der Waals surface area contributed by atoms with Crippen LogP contribution in [0, 0.1) is 0 Å². The molecule has 1 heterocycles. The van der Waals surface area contributed by atoms with E-state index in [9.17, 15) is 13.2 Å². The molecule has 1 aliphatic rings. The van der Waals surface area contributed by atoms with Gasteiger partial charge in [-0.15, -0.1) is 13.2 Å². The maximum absolute atomic E-state index is 12.5. The lowest BCUT2D eigenvalue weighted by Gasteiger charge is -2.34. The molecule has 1 saturated heterocycles. The van der Waals surface area contributed by atoms with Gasteiger partial charge in [0.15, 0.2) is 0 Å². The number of halogens is 3. The molecular weight excluding hydrogens is 283 g/mol. The molecule has 0 aliphatic carbocycles. The second-order valence-corrected chi connectivity index (χ2v) is 5.35. The van der Waals surface area contributed by atoms with Gasteiger partial charge < -0.3 is 20.3 Å². The monoisotopic (exact) mass is 303 g/mol. The zero-order valence-corrected chi connectivity index (χ0v) is 12.2. The Morgan fingerprint density at radius 3 is 2.33 bits per heavy atom. The standard InChI is InChI=1S/C14H20F3N3O/c1-10(18)12-4-3-11(9-13(12)21-14(15,16)17)20-7-5-19(2)6-8-20/h3-4,9-10H,5-8,18H2,1-2H3/t10-/m0/s1. The highest BCUT2D eigenvalue weighted by atomic mass is 19.4. The van der Waals surface area contributed by atoms with Crippen molar-refractivity contribution in [2.45, 2.75) is 19.3 Å². The fourth-order valence-electron chi connectivity index (χ4n) is 2.37. The van der Waals surface area contributed by atoms with Gasteiger partial charge in [0.1, 0.15) is 5.75 Å². The molecule has 0 saturated carbocycles. The number of alkyl halides is 3.